The molecule has 0 heterocycles. The van der Waals surface area contributed by atoms with Gasteiger partial charge < -0.3 is 0 Å². The van der Waals surface area contributed by atoms with Crippen molar-refractivity contribution in [1.82, 2.24) is 0 Å². The molecule has 1 radical (unpaired) electrons. The molecule has 7 atom stereocenters. The maximum Gasteiger partial charge on any atom is 0.397 e. The van der Waals surface area contributed by atoms with Crippen LogP contribution in [0.1, 0.15) is 72.1 Å². The van der Waals surface area contributed by atoms with Gasteiger partial charge in [-0.05, 0) is 86.9 Å². The van der Waals surface area contributed by atoms with Gasteiger partial charge in [0.1, 0.15) is 5.78 Å². The standard InChI is InChI=1S/C21H32O5S.Na/c1-13(22)17-6-7-18-16-5-4-14-12-15(26-27(23,24)25)8-10-20(14,2)19(16)9-11-21(17,18)3;/h4,15-19H,5-12H2,1-3H3,(H,23,24,25);. The van der Waals surface area contributed by atoms with E-state index in [2.05, 4.69) is 19.9 Å². The summed E-state index contributed by atoms with van der Waals surface area (Å²) < 4.78 is 36.1. The topological polar surface area (TPSA) is 80.7 Å². The minimum absolute atomic E-state index is 0. The molecule has 4 aliphatic rings. The molecule has 3 saturated carbocycles. The van der Waals surface area contributed by atoms with Crippen LogP contribution in [0.5, 0.6) is 0 Å². The van der Waals surface area contributed by atoms with E-state index in [1.54, 1.807) is 6.92 Å². The Morgan fingerprint density at radius 3 is 2.50 bits per heavy atom. The first kappa shape index (κ1) is 23.0. The minimum Gasteiger partial charge on any atom is -0.300 e. The number of hydrogen-bond donors (Lipinski definition) is 1. The largest absolute Gasteiger partial charge is 0.397 e. The number of ketones is 1. The summed E-state index contributed by atoms with van der Waals surface area (Å²) in [4.78, 5) is 12.2. The number of carbonyl (C=O) groups is 1. The fourth-order valence-electron chi connectivity index (χ4n) is 7.55. The van der Waals surface area contributed by atoms with Crippen molar-refractivity contribution in [2.75, 3.05) is 0 Å². The summed E-state index contributed by atoms with van der Waals surface area (Å²) in [7, 11) is -4.40. The van der Waals surface area contributed by atoms with Gasteiger partial charge in [0.05, 0.1) is 6.10 Å². The second kappa shape index (κ2) is 7.76. The number of rotatable bonds is 3. The third-order valence-corrected chi connectivity index (χ3v) is 9.32. The van der Waals surface area contributed by atoms with E-state index < -0.39 is 16.5 Å². The van der Waals surface area contributed by atoms with Crippen LogP contribution in [0.3, 0.4) is 0 Å². The van der Waals surface area contributed by atoms with Gasteiger partial charge >= 0.3 is 10.4 Å². The molecule has 1 N–H and O–H groups in total. The fourth-order valence-corrected chi connectivity index (χ4v) is 8.06. The summed E-state index contributed by atoms with van der Waals surface area (Å²) in [6.45, 7) is 6.46. The Labute approximate surface area is 191 Å². The Morgan fingerprint density at radius 2 is 1.86 bits per heavy atom. The molecule has 28 heavy (non-hydrogen) atoms. The van der Waals surface area contributed by atoms with Crippen LogP contribution in [0.15, 0.2) is 11.6 Å². The third-order valence-electron chi connectivity index (χ3n) is 8.81. The Kier molecular flexibility index (Phi) is 6.36. The molecule has 0 aromatic carbocycles. The van der Waals surface area contributed by atoms with Crippen LogP contribution >= 0.6 is 0 Å². The van der Waals surface area contributed by atoms with Gasteiger partial charge in [-0.15, -0.1) is 0 Å². The molecule has 4 aliphatic carbocycles. The predicted octanol–water partition coefficient (Wildman–Crippen LogP) is 3.96. The minimum atomic E-state index is -4.40. The number of carbonyl (C=O) groups excluding carboxylic acids is 1. The van der Waals surface area contributed by atoms with Crippen molar-refractivity contribution in [3.63, 3.8) is 0 Å². The van der Waals surface area contributed by atoms with E-state index in [0.29, 0.717) is 36.4 Å². The van der Waals surface area contributed by atoms with Gasteiger partial charge in [-0.25, -0.2) is 4.18 Å². The molecule has 7 unspecified atom stereocenters. The summed E-state index contributed by atoms with van der Waals surface area (Å²) in [5.41, 5.74) is 1.56. The smallest absolute Gasteiger partial charge is 0.300 e. The van der Waals surface area contributed by atoms with Gasteiger partial charge in [0, 0.05) is 35.5 Å². The van der Waals surface area contributed by atoms with E-state index in [9.17, 15) is 13.2 Å². The van der Waals surface area contributed by atoms with E-state index in [1.807, 2.05) is 0 Å². The van der Waals surface area contributed by atoms with Crippen LogP contribution < -0.4 is 0 Å². The molecule has 153 valence electrons. The SMILES string of the molecule is CC(=O)C1CCC2C3CC=C4CC(OS(=O)(=O)O)CCC4(C)C3CCC12C.[Na]. The average molecular weight is 420 g/mol. The molecule has 4 rings (SSSR count). The van der Waals surface area contributed by atoms with Gasteiger partial charge in [0.2, 0.25) is 0 Å². The van der Waals surface area contributed by atoms with Crippen LogP contribution in [0.25, 0.3) is 0 Å². The fraction of sp³-hybridized carbons (Fsp3) is 0.857. The van der Waals surface area contributed by atoms with E-state index in [-0.39, 0.29) is 46.3 Å². The molecule has 0 saturated heterocycles. The Hall–Kier alpha value is 0.280. The van der Waals surface area contributed by atoms with E-state index in [0.717, 1.165) is 38.5 Å². The first-order chi connectivity index (χ1) is 12.5. The van der Waals surface area contributed by atoms with Crippen molar-refractivity contribution in [2.24, 2.45) is 34.5 Å². The van der Waals surface area contributed by atoms with Crippen LogP contribution in [0, 0.1) is 34.5 Å². The van der Waals surface area contributed by atoms with Crippen molar-refractivity contribution >= 4 is 45.7 Å². The van der Waals surface area contributed by atoms with Gasteiger partial charge in [-0.1, -0.05) is 25.5 Å². The molecular weight excluding hydrogens is 387 g/mol. The molecule has 0 bridgehead atoms. The van der Waals surface area contributed by atoms with Crippen molar-refractivity contribution in [3.8, 4) is 0 Å². The zero-order valence-electron chi connectivity index (χ0n) is 17.6. The van der Waals surface area contributed by atoms with Gasteiger partial charge in [-0.3, -0.25) is 9.35 Å². The quantitative estimate of drug-likeness (QED) is 0.425. The number of allylic oxidation sites excluding steroid dienone is 1. The molecule has 7 heteroatoms. The van der Waals surface area contributed by atoms with Crippen molar-refractivity contribution < 1.29 is 21.9 Å². The van der Waals surface area contributed by atoms with Crippen molar-refractivity contribution in [2.45, 2.75) is 78.2 Å². The Morgan fingerprint density at radius 1 is 1.14 bits per heavy atom. The van der Waals surface area contributed by atoms with Crippen molar-refractivity contribution in [1.29, 1.82) is 0 Å². The van der Waals surface area contributed by atoms with E-state index in [1.165, 1.54) is 5.57 Å². The van der Waals surface area contributed by atoms with Gasteiger partial charge in [-0.2, -0.15) is 8.42 Å². The molecule has 0 aromatic rings. The molecule has 3 fully saturated rings. The molecule has 5 nitrogen and oxygen atoms in total. The van der Waals surface area contributed by atoms with Crippen LogP contribution in [-0.4, -0.2) is 54.4 Å². The maximum atomic E-state index is 12.2. The normalized spacial score (nSPS) is 45.1. The number of fused-ring (bicyclic) bond motifs is 5. The van der Waals surface area contributed by atoms with E-state index >= 15 is 0 Å². The Balaban J connectivity index is 0.00000225. The molecule has 0 spiro atoms. The summed E-state index contributed by atoms with van der Waals surface area (Å²) in [5, 5.41) is 0. The number of Topliss-reactive ketones (excluding diaryl/α,β-unsaturated/α-hetero) is 1. The van der Waals surface area contributed by atoms with Crippen LogP contribution in [0.4, 0.5) is 0 Å². The average Bonchev–Trinajstić information content (AvgIpc) is 2.91. The maximum absolute atomic E-state index is 12.2. The number of hydrogen-bond acceptors (Lipinski definition) is 4. The zero-order valence-corrected chi connectivity index (χ0v) is 20.4. The summed E-state index contributed by atoms with van der Waals surface area (Å²) in [6, 6.07) is 0. The van der Waals surface area contributed by atoms with Gasteiger partial charge in [0.25, 0.3) is 0 Å². The summed E-state index contributed by atoms with van der Waals surface area (Å²) >= 11 is 0. The van der Waals surface area contributed by atoms with Gasteiger partial charge in [0.15, 0.2) is 0 Å². The summed E-state index contributed by atoms with van der Waals surface area (Å²) in [6.07, 6.45) is 9.54. The third kappa shape index (κ3) is 3.71. The molecule has 0 aromatic heterocycles. The molecular formula is C21H32NaO5S. The Bertz CT molecular complexity index is 778. The van der Waals surface area contributed by atoms with Crippen LogP contribution in [0.2, 0.25) is 0 Å². The monoisotopic (exact) mass is 419 g/mol. The zero-order chi connectivity index (χ0) is 19.6. The second-order valence-corrected chi connectivity index (χ2v) is 11.0. The van der Waals surface area contributed by atoms with E-state index in [4.69, 9.17) is 8.74 Å². The van der Waals surface area contributed by atoms with Crippen LogP contribution in [-0.2, 0) is 19.4 Å². The first-order valence-electron chi connectivity index (χ1n) is 10.4. The molecule has 0 amide bonds. The van der Waals surface area contributed by atoms with Crippen molar-refractivity contribution in [3.05, 3.63) is 11.6 Å². The second-order valence-electron chi connectivity index (χ2n) is 9.93. The summed E-state index contributed by atoms with van der Waals surface area (Å²) in [5.74, 6) is 2.43. The molecule has 0 aliphatic heterocycles. The first-order valence-corrected chi connectivity index (χ1v) is 11.8. The predicted molar refractivity (Wildman–Crippen MR) is 108 cm³/mol.